The summed E-state index contributed by atoms with van der Waals surface area (Å²) in [4.78, 5) is 4.41. The van der Waals surface area contributed by atoms with Gasteiger partial charge in [0.1, 0.15) is 0 Å². The van der Waals surface area contributed by atoms with Crippen molar-refractivity contribution in [2.24, 2.45) is 5.92 Å². The van der Waals surface area contributed by atoms with Crippen molar-refractivity contribution in [1.82, 2.24) is 10.3 Å². The molecule has 1 aliphatic heterocycles. The average Bonchev–Trinajstić information content (AvgIpc) is 2.17. The van der Waals surface area contributed by atoms with E-state index in [2.05, 4.69) is 30.2 Å². The van der Waals surface area contributed by atoms with E-state index in [1.54, 1.807) is 0 Å². The summed E-state index contributed by atoms with van der Waals surface area (Å²) in [6.45, 7) is 5.49. The van der Waals surface area contributed by atoms with Gasteiger partial charge in [0.25, 0.3) is 0 Å². The van der Waals surface area contributed by atoms with E-state index in [0.717, 1.165) is 13.0 Å². The second kappa shape index (κ2) is 3.46. The molecule has 2 heterocycles. The van der Waals surface area contributed by atoms with Crippen molar-refractivity contribution in [3.63, 3.8) is 0 Å². The van der Waals surface area contributed by atoms with Crippen molar-refractivity contribution in [2.45, 2.75) is 32.9 Å². The van der Waals surface area contributed by atoms with E-state index in [1.807, 2.05) is 12.3 Å². The van der Waals surface area contributed by atoms with Crippen molar-refractivity contribution in [3.05, 3.63) is 29.6 Å². The normalized spacial score (nSPS) is 21.6. The first kappa shape index (κ1) is 8.70. The molecular formula is C11H16N2. The van der Waals surface area contributed by atoms with Crippen LogP contribution in [-0.2, 0) is 13.0 Å². The molecule has 70 valence electrons. The fourth-order valence-corrected chi connectivity index (χ4v) is 1.81. The molecule has 1 unspecified atom stereocenters. The zero-order valence-electron chi connectivity index (χ0n) is 8.25. The van der Waals surface area contributed by atoms with Gasteiger partial charge < -0.3 is 5.32 Å². The molecule has 2 rings (SSSR count). The summed E-state index contributed by atoms with van der Waals surface area (Å²) in [5.74, 6) is 0.690. The minimum atomic E-state index is 0.599. The monoisotopic (exact) mass is 176 g/mol. The topological polar surface area (TPSA) is 24.9 Å². The van der Waals surface area contributed by atoms with Gasteiger partial charge >= 0.3 is 0 Å². The molecule has 1 atom stereocenters. The third kappa shape index (κ3) is 1.73. The number of aromatic nitrogens is 1. The zero-order valence-corrected chi connectivity index (χ0v) is 8.25. The van der Waals surface area contributed by atoms with Crippen LogP contribution in [0.25, 0.3) is 0 Å². The SMILES string of the molecule is CC(C)C1Cc2ncccc2CN1. The van der Waals surface area contributed by atoms with E-state index in [1.165, 1.54) is 11.3 Å². The van der Waals surface area contributed by atoms with Gasteiger partial charge in [0.15, 0.2) is 0 Å². The van der Waals surface area contributed by atoms with E-state index in [4.69, 9.17) is 0 Å². The zero-order chi connectivity index (χ0) is 9.26. The third-order valence-electron chi connectivity index (χ3n) is 2.76. The van der Waals surface area contributed by atoms with Gasteiger partial charge in [-0.25, -0.2) is 0 Å². The van der Waals surface area contributed by atoms with Crippen molar-refractivity contribution in [2.75, 3.05) is 0 Å². The van der Waals surface area contributed by atoms with E-state index in [0.29, 0.717) is 12.0 Å². The van der Waals surface area contributed by atoms with Gasteiger partial charge in [-0.2, -0.15) is 0 Å². The van der Waals surface area contributed by atoms with Gasteiger partial charge in [0.05, 0.1) is 0 Å². The number of rotatable bonds is 1. The molecule has 0 fully saturated rings. The summed E-state index contributed by atoms with van der Waals surface area (Å²) in [5.41, 5.74) is 2.64. The molecular weight excluding hydrogens is 160 g/mol. The van der Waals surface area contributed by atoms with Gasteiger partial charge in [-0.05, 0) is 17.5 Å². The number of nitrogens with one attached hydrogen (secondary N) is 1. The summed E-state index contributed by atoms with van der Waals surface area (Å²) in [5, 5.41) is 3.53. The second-order valence-electron chi connectivity index (χ2n) is 4.04. The Morgan fingerprint density at radius 1 is 1.54 bits per heavy atom. The Bertz CT molecular complexity index is 294. The quantitative estimate of drug-likeness (QED) is 0.705. The Morgan fingerprint density at radius 2 is 2.38 bits per heavy atom. The number of hydrogen-bond acceptors (Lipinski definition) is 2. The van der Waals surface area contributed by atoms with Crippen LogP contribution >= 0.6 is 0 Å². The summed E-state index contributed by atoms with van der Waals surface area (Å²) in [7, 11) is 0. The lowest BCUT2D eigenvalue weighted by atomic mass is 9.93. The predicted octanol–water partition coefficient (Wildman–Crippen LogP) is 1.75. The molecule has 0 aliphatic carbocycles. The fourth-order valence-electron chi connectivity index (χ4n) is 1.81. The number of pyridine rings is 1. The lowest BCUT2D eigenvalue weighted by Crippen LogP contribution is -2.39. The highest BCUT2D eigenvalue weighted by molar-refractivity contribution is 5.23. The number of fused-ring (bicyclic) bond motifs is 1. The average molecular weight is 176 g/mol. The minimum Gasteiger partial charge on any atom is -0.309 e. The highest BCUT2D eigenvalue weighted by Crippen LogP contribution is 2.17. The largest absolute Gasteiger partial charge is 0.309 e. The number of hydrogen-bond donors (Lipinski definition) is 1. The van der Waals surface area contributed by atoms with Gasteiger partial charge in [0.2, 0.25) is 0 Å². The molecule has 0 saturated heterocycles. The van der Waals surface area contributed by atoms with Crippen LogP contribution in [0.1, 0.15) is 25.1 Å². The van der Waals surface area contributed by atoms with Gasteiger partial charge in [0, 0.05) is 30.9 Å². The summed E-state index contributed by atoms with van der Waals surface area (Å²) in [6.07, 6.45) is 2.97. The maximum absolute atomic E-state index is 4.41. The highest BCUT2D eigenvalue weighted by atomic mass is 14.9. The predicted molar refractivity (Wildman–Crippen MR) is 53.4 cm³/mol. The van der Waals surface area contributed by atoms with Crippen LogP contribution < -0.4 is 5.32 Å². The summed E-state index contributed by atoms with van der Waals surface area (Å²) in [6, 6.07) is 4.77. The fraction of sp³-hybridized carbons (Fsp3) is 0.545. The molecule has 1 aromatic heterocycles. The smallest absolute Gasteiger partial charge is 0.0464 e. The van der Waals surface area contributed by atoms with Crippen LogP contribution in [0.15, 0.2) is 18.3 Å². The van der Waals surface area contributed by atoms with E-state index in [9.17, 15) is 0 Å². The van der Waals surface area contributed by atoms with E-state index < -0.39 is 0 Å². The summed E-state index contributed by atoms with van der Waals surface area (Å²) < 4.78 is 0. The molecule has 13 heavy (non-hydrogen) atoms. The van der Waals surface area contributed by atoms with Gasteiger partial charge in [-0.15, -0.1) is 0 Å². The van der Waals surface area contributed by atoms with Gasteiger partial charge in [-0.1, -0.05) is 19.9 Å². The van der Waals surface area contributed by atoms with E-state index >= 15 is 0 Å². The number of nitrogens with zero attached hydrogens (tertiary/aromatic N) is 1. The molecule has 1 N–H and O–H groups in total. The molecule has 2 nitrogen and oxygen atoms in total. The molecule has 0 radical (unpaired) electrons. The molecule has 0 aromatic carbocycles. The molecule has 1 aliphatic rings. The summed E-state index contributed by atoms with van der Waals surface area (Å²) >= 11 is 0. The second-order valence-corrected chi connectivity index (χ2v) is 4.04. The third-order valence-corrected chi connectivity index (χ3v) is 2.76. The van der Waals surface area contributed by atoms with Crippen molar-refractivity contribution < 1.29 is 0 Å². The minimum absolute atomic E-state index is 0.599. The Hall–Kier alpha value is -0.890. The molecule has 1 aromatic rings. The highest BCUT2D eigenvalue weighted by Gasteiger charge is 2.20. The molecule has 2 heteroatoms. The van der Waals surface area contributed by atoms with Crippen LogP contribution in [0.5, 0.6) is 0 Å². The standard InChI is InChI=1S/C11H16N2/c1-8(2)10-6-11-9(7-13-10)4-3-5-12-11/h3-5,8,10,13H,6-7H2,1-2H3. The van der Waals surface area contributed by atoms with Crippen molar-refractivity contribution in [3.8, 4) is 0 Å². The lowest BCUT2D eigenvalue weighted by Gasteiger charge is -2.27. The first-order valence-corrected chi connectivity index (χ1v) is 4.93. The molecule has 0 amide bonds. The lowest BCUT2D eigenvalue weighted by molar-refractivity contribution is 0.373. The van der Waals surface area contributed by atoms with Crippen LogP contribution in [-0.4, -0.2) is 11.0 Å². The van der Waals surface area contributed by atoms with Crippen LogP contribution in [0, 0.1) is 5.92 Å². The van der Waals surface area contributed by atoms with Crippen molar-refractivity contribution >= 4 is 0 Å². The Labute approximate surface area is 79.4 Å². The van der Waals surface area contributed by atoms with Crippen molar-refractivity contribution in [1.29, 1.82) is 0 Å². The maximum atomic E-state index is 4.41. The maximum Gasteiger partial charge on any atom is 0.0464 e. The first-order valence-electron chi connectivity index (χ1n) is 4.93. The van der Waals surface area contributed by atoms with Gasteiger partial charge in [-0.3, -0.25) is 4.98 Å². The van der Waals surface area contributed by atoms with Crippen LogP contribution in [0.2, 0.25) is 0 Å². The Morgan fingerprint density at radius 3 is 3.15 bits per heavy atom. The molecule has 0 bridgehead atoms. The van der Waals surface area contributed by atoms with Crippen LogP contribution in [0.3, 0.4) is 0 Å². The Kier molecular flexibility index (Phi) is 2.32. The van der Waals surface area contributed by atoms with Crippen LogP contribution in [0.4, 0.5) is 0 Å². The molecule has 0 spiro atoms. The first-order chi connectivity index (χ1) is 6.27. The Balaban J connectivity index is 2.20. The molecule has 0 saturated carbocycles. The van der Waals surface area contributed by atoms with E-state index in [-0.39, 0.29) is 0 Å².